The largest absolute Gasteiger partial charge is 0.338 e. The highest BCUT2D eigenvalue weighted by molar-refractivity contribution is 7.14. The van der Waals surface area contributed by atoms with Gasteiger partial charge in [0.15, 0.2) is 5.82 Å². The molecule has 1 aliphatic heterocycles. The van der Waals surface area contributed by atoms with Crippen LogP contribution in [-0.2, 0) is 11.3 Å². The minimum absolute atomic E-state index is 0.0524. The van der Waals surface area contributed by atoms with E-state index in [0.29, 0.717) is 36.0 Å². The van der Waals surface area contributed by atoms with Crippen LogP contribution in [0.15, 0.2) is 16.0 Å². The average molecular weight is 388 g/mol. The molecule has 27 heavy (non-hydrogen) atoms. The van der Waals surface area contributed by atoms with Gasteiger partial charge >= 0.3 is 0 Å². The van der Waals surface area contributed by atoms with Crippen molar-refractivity contribution in [3.63, 3.8) is 0 Å². The van der Waals surface area contributed by atoms with E-state index in [9.17, 15) is 4.79 Å². The van der Waals surface area contributed by atoms with E-state index >= 15 is 0 Å². The molecule has 1 fully saturated rings. The van der Waals surface area contributed by atoms with Gasteiger partial charge in [-0.1, -0.05) is 19.0 Å². The lowest BCUT2D eigenvalue weighted by atomic mass is 10.2. The zero-order valence-corrected chi connectivity index (χ0v) is 16.5. The molecule has 0 aromatic carbocycles. The Kier molecular flexibility index (Phi) is 6.55. The second kappa shape index (κ2) is 9.08. The van der Waals surface area contributed by atoms with Crippen molar-refractivity contribution >= 4 is 22.2 Å². The minimum atomic E-state index is -0.0524. The number of carbonyl (C=O) groups is 1. The molecule has 0 unspecified atom stereocenters. The van der Waals surface area contributed by atoms with E-state index in [2.05, 4.69) is 31.3 Å². The Balaban J connectivity index is 1.38. The molecular formula is C18H24N6O2S. The van der Waals surface area contributed by atoms with E-state index in [1.165, 1.54) is 11.3 Å². The maximum Gasteiger partial charge on any atom is 0.240 e. The maximum absolute atomic E-state index is 12.1. The Morgan fingerprint density at radius 3 is 2.78 bits per heavy atom. The lowest BCUT2D eigenvalue weighted by Crippen LogP contribution is -2.46. The lowest BCUT2D eigenvalue weighted by molar-refractivity contribution is -0.116. The third-order valence-electron chi connectivity index (χ3n) is 4.52. The van der Waals surface area contributed by atoms with E-state index < -0.39 is 0 Å². The predicted octanol–water partition coefficient (Wildman–Crippen LogP) is 2.27. The summed E-state index contributed by atoms with van der Waals surface area (Å²) in [5.41, 5.74) is 0.517. The zero-order chi connectivity index (χ0) is 19.2. The first-order valence-electron chi connectivity index (χ1n) is 9.09. The van der Waals surface area contributed by atoms with Crippen molar-refractivity contribution in [2.45, 2.75) is 32.7 Å². The van der Waals surface area contributed by atoms with Crippen LogP contribution in [-0.4, -0.2) is 58.6 Å². The van der Waals surface area contributed by atoms with E-state index in [4.69, 9.17) is 9.78 Å². The molecule has 0 saturated carbocycles. The summed E-state index contributed by atoms with van der Waals surface area (Å²) in [6, 6.07) is 3.80. The summed E-state index contributed by atoms with van der Waals surface area (Å²) in [6.07, 6.45) is 0.421. The van der Waals surface area contributed by atoms with Crippen molar-refractivity contribution in [1.82, 2.24) is 19.9 Å². The molecule has 0 radical (unpaired) electrons. The van der Waals surface area contributed by atoms with Crippen molar-refractivity contribution in [3.8, 4) is 6.07 Å². The van der Waals surface area contributed by atoms with Crippen molar-refractivity contribution in [1.29, 1.82) is 5.26 Å². The van der Waals surface area contributed by atoms with Gasteiger partial charge in [-0.05, 0) is 11.4 Å². The number of nitrogens with zero attached hydrogens (tertiary/aromatic N) is 5. The number of thiophene rings is 1. The Morgan fingerprint density at radius 2 is 2.11 bits per heavy atom. The zero-order valence-electron chi connectivity index (χ0n) is 15.6. The molecule has 1 saturated heterocycles. The summed E-state index contributed by atoms with van der Waals surface area (Å²) in [4.78, 5) is 21.1. The van der Waals surface area contributed by atoms with Crippen LogP contribution in [0.3, 0.4) is 0 Å². The highest BCUT2D eigenvalue weighted by atomic mass is 32.1. The molecule has 9 heteroatoms. The van der Waals surface area contributed by atoms with Gasteiger partial charge in [-0.2, -0.15) is 10.2 Å². The van der Waals surface area contributed by atoms with E-state index in [0.717, 1.165) is 32.0 Å². The molecule has 0 aliphatic carbocycles. The molecule has 8 nitrogen and oxygen atoms in total. The first kappa shape index (κ1) is 19.5. The number of rotatable bonds is 7. The Labute approximate surface area is 162 Å². The van der Waals surface area contributed by atoms with Gasteiger partial charge in [0.2, 0.25) is 11.8 Å². The summed E-state index contributed by atoms with van der Waals surface area (Å²) in [5.74, 6) is 1.63. The van der Waals surface area contributed by atoms with Gasteiger partial charge in [0, 0.05) is 45.1 Å². The van der Waals surface area contributed by atoms with Crippen molar-refractivity contribution in [2.24, 2.45) is 0 Å². The number of anilines is 1. The monoisotopic (exact) mass is 388 g/mol. The standard InChI is InChI=1S/C18H24N6O2S/c1-13(2)17-21-16(26-22-17)12-24-8-6-23(7-9-24)5-3-15(25)20-18-14(11-19)4-10-27-18/h4,10,13H,3,5-9,12H2,1-2H3,(H,20,25). The fraction of sp³-hybridized carbons (Fsp3) is 0.556. The average Bonchev–Trinajstić information content (AvgIpc) is 3.30. The van der Waals surface area contributed by atoms with Crippen LogP contribution < -0.4 is 5.32 Å². The van der Waals surface area contributed by atoms with Gasteiger partial charge in [-0.3, -0.25) is 9.69 Å². The quantitative estimate of drug-likeness (QED) is 0.777. The number of nitrogens with one attached hydrogen (secondary N) is 1. The fourth-order valence-corrected chi connectivity index (χ4v) is 3.63. The number of amides is 1. The number of carbonyl (C=O) groups excluding carboxylic acids is 1. The highest BCUT2D eigenvalue weighted by Gasteiger charge is 2.20. The van der Waals surface area contributed by atoms with E-state index in [-0.39, 0.29) is 11.8 Å². The second-order valence-corrected chi connectivity index (χ2v) is 7.81. The van der Waals surface area contributed by atoms with Crippen LogP contribution in [0.1, 0.15) is 43.5 Å². The van der Waals surface area contributed by atoms with Gasteiger partial charge in [-0.25, -0.2) is 0 Å². The summed E-state index contributed by atoms with van der Waals surface area (Å²) < 4.78 is 5.31. The van der Waals surface area contributed by atoms with Crippen LogP contribution in [0.2, 0.25) is 0 Å². The molecule has 2 aromatic heterocycles. The maximum atomic E-state index is 12.1. The molecule has 1 N–H and O–H groups in total. The Morgan fingerprint density at radius 1 is 1.37 bits per heavy atom. The molecule has 2 aromatic rings. The summed E-state index contributed by atoms with van der Waals surface area (Å²) >= 11 is 1.37. The van der Waals surface area contributed by atoms with Crippen LogP contribution >= 0.6 is 11.3 Å². The summed E-state index contributed by atoms with van der Waals surface area (Å²) in [5, 5.41) is 18.3. The minimum Gasteiger partial charge on any atom is -0.338 e. The Bertz CT molecular complexity index is 801. The topological polar surface area (TPSA) is 98.3 Å². The normalized spacial score (nSPS) is 15.8. The predicted molar refractivity (Wildman–Crippen MR) is 102 cm³/mol. The first-order valence-corrected chi connectivity index (χ1v) is 9.97. The molecule has 144 valence electrons. The Hall–Kier alpha value is -2.28. The summed E-state index contributed by atoms with van der Waals surface area (Å²) in [6.45, 7) is 9.09. The van der Waals surface area contributed by atoms with Crippen LogP contribution in [0.4, 0.5) is 5.00 Å². The molecule has 1 amide bonds. The first-order chi connectivity index (χ1) is 13.0. The van der Waals surface area contributed by atoms with E-state index in [1.54, 1.807) is 11.4 Å². The molecule has 0 spiro atoms. The number of hydrogen-bond acceptors (Lipinski definition) is 8. The number of aromatic nitrogens is 2. The fourth-order valence-electron chi connectivity index (χ4n) is 2.87. The molecule has 0 bridgehead atoms. The number of nitriles is 1. The third-order valence-corrected chi connectivity index (χ3v) is 5.35. The second-order valence-electron chi connectivity index (χ2n) is 6.89. The number of hydrogen-bond donors (Lipinski definition) is 1. The molecule has 3 heterocycles. The molecule has 1 aliphatic rings. The molecule has 0 atom stereocenters. The van der Waals surface area contributed by atoms with Crippen molar-refractivity contribution in [3.05, 3.63) is 28.7 Å². The third kappa shape index (κ3) is 5.35. The number of piperazine rings is 1. The van der Waals surface area contributed by atoms with Crippen molar-refractivity contribution < 1.29 is 9.32 Å². The van der Waals surface area contributed by atoms with Crippen LogP contribution in [0.25, 0.3) is 0 Å². The van der Waals surface area contributed by atoms with Gasteiger partial charge in [0.25, 0.3) is 0 Å². The lowest BCUT2D eigenvalue weighted by Gasteiger charge is -2.33. The molecular weight excluding hydrogens is 364 g/mol. The molecule has 3 rings (SSSR count). The van der Waals surface area contributed by atoms with E-state index in [1.807, 2.05) is 13.8 Å². The summed E-state index contributed by atoms with van der Waals surface area (Å²) in [7, 11) is 0. The smallest absolute Gasteiger partial charge is 0.240 e. The van der Waals surface area contributed by atoms with Gasteiger partial charge in [-0.15, -0.1) is 11.3 Å². The van der Waals surface area contributed by atoms with Crippen LogP contribution in [0, 0.1) is 11.3 Å². The van der Waals surface area contributed by atoms with Crippen molar-refractivity contribution in [2.75, 3.05) is 38.0 Å². The van der Waals surface area contributed by atoms with Gasteiger partial charge in [0.05, 0.1) is 12.1 Å². The highest BCUT2D eigenvalue weighted by Crippen LogP contribution is 2.22. The SMILES string of the molecule is CC(C)c1noc(CN2CCN(CCC(=O)Nc3sccc3C#N)CC2)n1. The van der Waals surface area contributed by atoms with Gasteiger partial charge < -0.3 is 14.7 Å². The van der Waals surface area contributed by atoms with Gasteiger partial charge in [0.1, 0.15) is 11.1 Å². The van der Waals surface area contributed by atoms with Crippen LogP contribution in [0.5, 0.6) is 0 Å².